The Morgan fingerprint density at radius 2 is 1.95 bits per heavy atom. The summed E-state index contributed by atoms with van der Waals surface area (Å²) in [6.07, 6.45) is 1.57. The van der Waals surface area contributed by atoms with Gasteiger partial charge < -0.3 is 20.3 Å². The van der Waals surface area contributed by atoms with Crippen molar-refractivity contribution in [2.75, 3.05) is 7.11 Å². The molecule has 0 aliphatic carbocycles. The molecule has 1 amide bonds. The second-order valence-corrected chi connectivity index (χ2v) is 4.06. The molecule has 1 aromatic carbocycles. The molecule has 6 heteroatoms. The van der Waals surface area contributed by atoms with Gasteiger partial charge in [-0.15, -0.1) is 0 Å². The number of phenolic OH excluding ortho intramolecular Hbond substituents is 2. The largest absolute Gasteiger partial charge is 0.507 e. The number of hydrogen-bond acceptors (Lipinski definition) is 5. The Morgan fingerprint density at radius 3 is 2.50 bits per heavy atom. The number of rotatable bonds is 4. The van der Waals surface area contributed by atoms with Gasteiger partial charge >= 0.3 is 0 Å². The van der Waals surface area contributed by atoms with E-state index in [-0.39, 0.29) is 23.6 Å². The molecule has 3 N–H and O–H groups in total. The molecule has 0 unspecified atom stereocenters. The highest BCUT2D eigenvalue weighted by Crippen LogP contribution is 2.25. The van der Waals surface area contributed by atoms with Crippen LogP contribution in [-0.2, 0) is 6.54 Å². The molecule has 0 atom stereocenters. The third-order valence-corrected chi connectivity index (χ3v) is 2.71. The molecule has 0 fully saturated rings. The highest BCUT2D eigenvalue weighted by atomic mass is 16.5. The molecule has 0 saturated carbocycles. The number of carbonyl (C=O) groups is 1. The molecule has 2 rings (SSSR count). The van der Waals surface area contributed by atoms with Crippen LogP contribution in [0.1, 0.15) is 15.9 Å². The number of carbonyl (C=O) groups excluding carboxylic acids is 1. The molecule has 0 radical (unpaired) electrons. The van der Waals surface area contributed by atoms with Gasteiger partial charge in [-0.1, -0.05) is 12.1 Å². The first kappa shape index (κ1) is 13.7. The molecule has 0 spiro atoms. The lowest BCUT2D eigenvalue weighted by molar-refractivity contribution is 0.0945. The Hall–Kier alpha value is -2.76. The summed E-state index contributed by atoms with van der Waals surface area (Å²) in [7, 11) is 1.52. The third kappa shape index (κ3) is 2.97. The van der Waals surface area contributed by atoms with E-state index in [4.69, 9.17) is 4.74 Å². The third-order valence-electron chi connectivity index (χ3n) is 2.71. The van der Waals surface area contributed by atoms with E-state index in [0.29, 0.717) is 5.88 Å². The first-order valence-corrected chi connectivity index (χ1v) is 5.90. The minimum atomic E-state index is -0.559. The Morgan fingerprint density at radius 1 is 1.25 bits per heavy atom. The monoisotopic (exact) mass is 274 g/mol. The van der Waals surface area contributed by atoms with Crippen LogP contribution in [0.2, 0.25) is 0 Å². The number of hydrogen-bond donors (Lipinski definition) is 3. The Balaban J connectivity index is 2.05. The molecule has 0 aliphatic heterocycles. The van der Waals surface area contributed by atoms with Crippen molar-refractivity contribution >= 4 is 5.91 Å². The first-order valence-electron chi connectivity index (χ1n) is 5.90. The van der Waals surface area contributed by atoms with Crippen LogP contribution in [0.25, 0.3) is 0 Å². The fourth-order valence-electron chi connectivity index (χ4n) is 1.67. The second-order valence-electron chi connectivity index (χ2n) is 4.06. The molecule has 0 bridgehead atoms. The van der Waals surface area contributed by atoms with Crippen molar-refractivity contribution in [2.45, 2.75) is 6.54 Å². The van der Waals surface area contributed by atoms with E-state index in [1.807, 2.05) is 0 Å². The van der Waals surface area contributed by atoms with E-state index in [1.54, 1.807) is 18.3 Å². The molecule has 1 heterocycles. The SMILES string of the molecule is COc1ccc(CNC(=O)c2c(O)cccc2O)cn1. The smallest absolute Gasteiger partial charge is 0.259 e. The maximum absolute atomic E-state index is 11.9. The van der Waals surface area contributed by atoms with Crippen molar-refractivity contribution in [1.29, 1.82) is 0 Å². The van der Waals surface area contributed by atoms with Gasteiger partial charge in [0.25, 0.3) is 5.91 Å². The van der Waals surface area contributed by atoms with E-state index < -0.39 is 5.91 Å². The standard InChI is InChI=1S/C14H14N2O4/c1-20-12-6-5-9(7-15-12)8-16-14(19)13-10(17)3-2-4-11(13)18/h2-7,17-18H,8H2,1H3,(H,16,19). The predicted molar refractivity (Wildman–Crippen MR) is 71.7 cm³/mol. The van der Waals surface area contributed by atoms with Crippen LogP contribution in [0, 0.1) is 0 Å². The highest BCUT2D eigenvalue weighted by Gasteiger charge is 2.15. The molecule has 104 valence electrons. The van der Waals surface area contributed by atoms with E-state index in [0.717, 1.165) is 5.56 Å². The normalized spacial score (nSPS) is 10.1. The molecule has 0 aliphatic rings. The number of pyridine rings is 1. The van der Waals surface area contributed by atoms with Crippen LogP contribution in [0.15, 0.2) is 36.5 Å². The topological polar surface area (TPSA) is 91.7 Å². The van der Waals surface area contributed by atoms with Gasteiger partial charge in [0.2, 0.25) is 5.88 Å². The van der Waals surface area contributed by atoms with Gasteiger partial charge in [-0.05, 0) is 17.7 Å². The van der Waals surface area contributed by atoms with Gasteiger partial charge in [-0.25, -0.2) is 4.98 Å². The summed E-state index contributed by atoms with van der Waals surface area (Å²) in [5.74, 6) is -0.611. The van der Waals surface area contributed by atoms with Crippen LogP contribution in [0.4, 0.5) is 0 Å². The van der Waals surface area contributed by atoms with Crippen LogP contribution < -0.4 is 10.1 Å². The van der Waals surface area contributed by atoms with E-state index >= 15 is 0 Å². The molecule has 6 nitrogen and oxygen atoms in total. The number of amides is 1. The summed E-state index contributed by atoms with van der Waals surface area (Å²) in [5, 5.41) is 21.7. The number of nitrogens with one attached hydrogen (secondary N) is 1. The molecule has 2 aromatic rings. The number of nitrogens with zero attached hydrogens (tertiary/aromatic N) is 1. The second kappa shape index (κ2) is 5.92. The fourth-order valence-corrected chi connectivity index (χ4v) is 1.67. The highest BCUT2D eigenvalue weighted by molar-refractivity contribution is 5.99. The quantitative estimate of drug-likeness (QED) is 0.784. The number of benzene rings is 1. The fraction of sp³-hybridized carbons (Fsp3) is 0.143. The zero-order chi connectivity index (χ0) is 14.5. The van der Waals surface area contributed by atoms with Crippen LogP contribution in [0.5, 0.6) is 17.4 Å². The summed E-state index contributed by atoms with van der Waals surface area (Å²) < 4.78 is 4.93. The maximum atomic E-state index is 11.9. The van der Waals surface area contributed by atoms with Gasteiger partial charge in [0.1, 0.15) is 17.1 Å². The summed E-state index contributed by atoms with van der Waals surface area (Å²) in [4.78, 5) is 15.9. The number of aromatic hydroxyl groups is 2. The number of phenols is 2. The Bertz CT molecular complexity index is 591. The zero-order valence-corrected chi connectivity index (χ0v) is 10.8. The Kier molecular flexibility index (Phi) is 4.05. The minimum Gasteiger partial charge on any atom is -0.507 e. The summed E-state index contributed by atoms with van der Waals surface area (Å²) in [6.45, 7) is 0.226. The van der Waals surface area contributed by atoms with Crippen molar-refractivity contribution in [3.8, 4) is 17.4 Å². The van der Waals surface area contributed by atoms with E-state index in [9.17, 15) is 15.0 Å². The maximum Gasteiger partial charge on any atom is 0.259 e. The predicted octanol–water partition coefficient (Wildman–Crippen LogP) is 1.43. The van der Waals surface area contributed by atoms with Gasteiger partial charge in [-0.3, -0.25) is 4.79 Å². The van der Waals surface area contributed by atoms with Crippen molar-refractivity contribution in [3.63, 3.8) is 0 Å². The summed E-state index contributed by atoms with van der Waals surface area (Å²) in [6, 6.07) is 7.57. The number of ether oxygens (including phenoxy) is 1. The lowest BCUT2D eigenvalue weighted by Gasteiger charge is -2.08. The van der Waals surface area contributed by atoms with E-state index in [2.05, 4.69) is 10.3 Å². The molecule has 0 saturated heterocycles. The zero-order valence-electron chi connectivity index (χ0n) is 10.8. The van der Waals surface area contributed by atoms with Crippen LogP contribution in [0.3, 0.4) is 0 Å². The van der Waals surface area contributed by atoms with Crippen LogP contribution >= 0.6 is 0 Å². The first-order chi connectivity index (χ1) is 9.61. The number of methoxy groups -OCH3 is 1. The molecular weight excluding hydrogens is 260 g/mol. The summed E-state index contributed by atoms with van der Waals surface area (Å²) >= 11 is 0. The lowest BCUT2D eigenvalue weighted by Crippen LogP contribution is -2.23. The van der Waals surface area contributed by atoms with Gasteiger partial charge in [0, 0.05) is 18.8 Å². The average Bonchev–Trinajstić information content (AvgIpc) is 2.45. The Labute approximate surface area is 115 Å². The molecular formula is C14H14N2O4. The molecule has 20 heavy (non-hydrogen) atoms. The molecule has 1 aromatic heterocycles. The lowest BCUT2D eigenvalue weighted by atomic mass is 10.1. The summed E-state index contributed by atoms with van der Waals surface area (Å²) in [5.41, 5.74) is 0.628. The van der Waals surface area contributed by atoms with Crippen molar-refractivity contribution in [1.82, 2.24) is 10.3 Å². The van der Waals surface area contributed by atoms with Gasteiger partial charge in [-0.2, -0.15) is 0 Å². The average molecular weight is 274 g/mol. The van der Waals surface area contributed by atoms with Crippen molar-refractivity contribution < 1.29 is 19.7 Å². The van der Waals surface area contributed by atoms with Crippen molar-refractivity contribution in [3.05, 3.63) is 47.7 Å². The van der Waals surface area contributed by atoms with E-state index in [1.165, 1.54) is 25.3 Å². The number of aromatic nitrogens is 1. The van der Waals surface area contributed by atoms with Gasteiger partial charge in [0.05, 0.1) is 7.11 Å². The van der Waals surface area contributed by atoms with Gasteiger partial charge in [0.15, 0.2) is 0 Å². The van der Waals surface area contributed by atoms with Crippen molar-refractivity contribution in [2.24, 2.45) is 0 Å². The van der Waals surface area contributed by atoms with Crippen LogP contribution in [-0.4, -0.2) is 28.2 Å². The minimum absolute atomic E-state index is 0.144.